The number of rotatable bonds is 4. The average molecular weight is 320 g/mol. The van der Waals surface area contributed by atoms with Gasteiger partial charge in [0.1, 0.15) is 5.75 Å². The molecule has 6 heteroatoms. The number of carbonyl (C=O) groups is 2. The molecule has 0 bridgehead atoms. The molecule has 6 nitrogen and oxygen atoms in total. The molecule has 3 N–H and O–H groups in total. The minimum atomic E-state index is -0.740. The Balaban J connectivity index is 1.92. The van der Waals surface area contributed by atoms with Crippen molar-refractivity contribution >= 4 is 17.7 Å². The van der Waals surface area contributed by atoms with E-state index in [2.05, 4.69) is 10.6 Å². The summed E-state index contributed by atoms with van der Waals surface area (Å²) < 4.78 is 5.35. The summed E-state index contributed by atoms with van der Waals surface area (Å²) in [6.45, 7) is 3.86. The molecule has 2 rings (SSSR count). The van der Waals surface area contributed by atoms with Crippen molar-refractivity contribution in [2.24, 2.45) is 5.92 Å². The molecular formula is C17H24N2O4. The normalized spacial score (nSPS) is 20.7. The maximum Gasteiger partial charge on any atom is 0.319 e. The van der Waals surface area contributed by atoms with Gasteiger partial charge in [0, 0.05) is 17.3 Å². The van der Waals surface area contributed by atoms with E-state index < -0.39 is 5.97 Å². The Morgan fingerprint density at radius 3 is 2.39 bits per heavy atom. The first-order valence-corrected chi connectivity index (χ1v) is 7.87. The third-order valence-corrected chi connectivity index (χ3v) is 4.47. The molecule has 0 aromatic heterocycles. The quantitative estimate of drug-likeness (QED) is 0.795. The Labute approximate surface area is 136 Å². The Morgan fingerprint density at radius 2 is 1.83 bits per heavy atom. The first kappa shape index (κ1) is 17.1. The second kappa shape index (κ2) is 7.35. The lowest BCUT2D eigenvalue weighted by molar-refractivity contribution is -0.142. The molecule has 1 saturated carbocycles. The van der Waals surface area contributed by atoms with Gasteiger partial charge in [0.25, 0.3) is 0 Å². The molecule has 1 fully saturated rings. The maximum absolute atomic E-state index is 12.2. The van der Waals surface area contributed by atoms with Gasteiger partial charge in [-0.15, -0.1) is 0 Å². The van der Waals surface area contributed by atoms with Crippen LogP contribution in [0.25, 0.3) is 0 Å². The van der Waals surface area contributed by atoms with E-state index in [0.29, 0.717) is 31.4 Å². The van der Waals surface area contributed by atoms with Gasteiger partial charge in [-0.3, -0.25) is 4.79 Å². The van der Waals surface area contributed by atoms with Crippen molar-refractivity contribution in [3.05, 3.63) is 23.3 Å². The lowest BCUT2D eigenvalue weighted by Crippen LogP contribution is -2.41. The summed E-state index contributed by atoms with van der Waals surface area (Å²) >= 11 is 0. The third-order valence-electron chi connectivity index (χ3n) is 4.47. The van der Waals surface area contributed by atoms with E-state index in [1.54, 1.807) is 7.11 Å². The fourth-order valence-corrected chi connectivity index (χ4v) is 3.11. The number of urea groups is 1. The smallest absolute Gasteiger partial charge is 0.319 e. The lowest BCUT2D eigenvalue weighted by Gasteiger charge is -2.27. The van der Waals surface area contributed by atoms with Gasteiger partial charge in [-0.25, -0.2) is 4.79 Å². The highest BCUT2D eigenvalue weighted by Crippen LogP contribution is 2.29. The summed E-state index contributed by atoms with van der Waals surface area (Å²) in [6.07, 6.45) is 2.61. The average Bonchev–Trinajstić information content (AvgIpc) is 2.51. The first-order chi connectivity index (χ1) is 10.9. The minimum Gasteiger partial charge on any atom is -0.496 e. The summed E-state index contributed by atoms with van der Waals surface area (Å²) in [7, 11) is 1.61. The van der Waals surface area contributed by atoms with Crippen LogP contribution < -0.4 is 15.4 Å². The number of aliphatic carboxylic acids is 1. The number of carboxylic acids is 1. The van der Waals surface area contributed by atoms with E-state index in [0.717, 1.165) is 16.9 Å². The number of amides is 2. The number of hydrogen-bond donors (Lipinski definition) is 3. The number of methoxy groups -OCH3 is 1. The highest BCUT2D eigenvalue weighted by molar-refractivity contribution is 5.90. The maximum atomic E-state index is 12.2. The largest absolute Gasteiger partial charge is 0.496 e. The van der Waals surface area contributed by atoms with Crippen LogP contribution in [0.1, 0.15) is 36.8 Å². The summed E-state index contributed by atoms with van der Waals surface area (Å²) in [6, 6.07) is 3.52. The van der Waals surface area contributed by atoms with Crippen LogP contribution in [0, 0.1) is 19.8 Å². The zero-order valence-electron chi connectivity index (χ0n) is 13.8. The number of benzene rings is 1. The van der Waals surface area contributed by atoms with Gasteiger partial charge in [-0.05, 0) is 51.2 Å². The van der Waals surface area contributed by atoms with E-state index >= 15 is 0 Å². The van der Waals surface area contributed by atoms with Crippen molar-refractivity contribution in [3.63, 3.8) is 0 Å². The molecule has 0 atom stereocenters. The van der Waals surface area contributed by atoms with Gasteiger partial charge >= 0.3 is 12.0 Å². The van der Waals surface area contributed by atoms with Crippen molar-refractivity contribution in [1.82, 2.24) is 5.32 Å². The predicted molar refractivity (Wildman–Crippen MR) is 88.0 cm³/mol. The summed E-state index contributed by atoms with van der Waals surface area (Å²) in [5, 5.41) is 14.8. The molecular weight excluding hydrogens is 296 g/mol. The lowest BCUT2D eigenvalue weighted by atomic mass is 9.86. The number of aryl methyl sites for hydroxylation is 1. The van der Waals surface area contributed by atoms with E-state index in [9.17, 15) is 9.59 Å². The van der Waals surface area contributed by atoms with Crippen molar-refractivity contribution < 1.29 is 19.4 Å². The van der Waals surface area contributed by atoms with Gasteiger partial charge in [0.15, 0.2) is 0 Å². The van der Waals surface area contributed by atoms with Crippen molar-refractivity contribution in [2.45, 2.75) is 45.6 Å². The standard InChI is InChI=1S/C17H24N2O4/c1-10-4-9-14(11(2)15(10)23-3)19-17(22)18-13-7-5-12(6-8-13)16(20)21/h4,9,12-13H,5-8H2,1-3H3,(H,20,21)(H2,18,19,22). The second-order valence-corrected chi connectivity index (χ2v) is 6.07. The van der Waals surface area contributed by atoms with Crippen LogP contribution in [0.2, 0.25) is 0 Å². The van der Waals surface area contributed by atoms with Gasteiger partial charge in [-0.2, -0.15) is 0 Å². The monoisotopic (exact) mass is 320 g/mol. The van der Waals surface area contributed by atoms with Crippen LogP contribution >= 0.6 is 0 Å². The molecule has 0 aliphatic heterocycles. The third kappa shape index (κ3) is 4.15. The molecule has 1 aliphatic carbocycles. The van der Waals surface area contributed by atoms with Crippen molar-refractivity contribution in [1.29, 1.82) is 0 Å². The molecule has 0 spiro atoms. The first-order valence-electron chi connectivity index (χ1n) is 7.87. The van der Waals surface area contributed by atoms with Gasteiger partial charge in [0.2, 0.25) is 0 Å². The van der Waals surface area contributed by atoms with Gasteiger partial charge in [0.05, 0.1) is 13.0 Å². The van der Waals surface area contributed by atoms with Crippen LogP contribution in [0.5, 0.6) is 5.75 Å². The molecule has 0 heterocycles. The van der Waals surface area contributed by atoms with Crippen LogP contribution in [0.3, 0.4) is 0 Å². The van der Waals surface area contributed by atoms with Crippen LogP contribution in [0.4, 0.5) is 10.5 Å². The SMILES string of the molecule is COc1c(C)ccc(NC(=O)NC2CCC(C(=O)O)CC2)c1C. The highest BCUT2D eigenvalue weighted by atomic mass is 16.5. The van der Waals surface area contributed by atoms with Gasteiger partial charge in [-0.1, -0.05) is 6.07 Å². The van der Waals surface area contributed by atoms with Crippen molar-refractivity contribution in [2.75, 3.05) is 12.4 Å². The molecule has 1 aliphatic rings. The number of nitrogens with one attached hydrogen (secondary N) is 2. The molecule has 2 amide bonds. The van der Waals surface area contributed by atoms with Crippen molar-refractivity contribution in [3.8, 4) is 5.75 Å². The number of carboxylic acid groups (broad SMARTS) is 1. The molecule has 126 valence electrons. The Hall–Kier alpha value is -2.24. The fourth-order valence-electron chi connectivity index (χ4n) is 3.11. The molecule has 23 heavy (non-hydrogen) atoms. The number of hydrogen-bond acceptors (Lipinski definition) is 3. The Morgan fingerprint density at radius 1 is 1.17 bits per heavy atom. The Bertz CT molecular complexity index is 593. The second-order valence-electron chi connectivity index (χ2n) is 6.07. The van der Waals surface area contributed by atoms with E-state index in [1.165, 1.54) is 0 Å². The highest BCUT2D eigenvalue weighted by Gasteiger charge is 2.26. The summed E-state index contributed by atoms with van der Waals surface area (Å²) in [5.74, 6) is -0.250. The zero-order valence-corrected chi connectivity index (χ0v) is 13.8. The summed E-state index contributed by atoms with van der Waals surface area (Å²) in [5.41, 5.74) is 2.62. The molecule has 0 radical (unpaired) electrons. The summed E-state index contributed by atoms with van der Waals surface area (Å²) in [4.78, 5) is 23.1. The topological polar surface area (TPSA) is 87.7 Å². The van der Waals surface area contributed by atoms with Gasteiger partial charge < -0.3 is 20.5 Å². The molecule has 1 aromatic carbocycles. The minimum absolute atomic E-state index is 0.0262. The van der Waals surface area contributed by atoms with E-state index in [4.69, 9.17) is 9.84 Å². The van der Waals surface area contributed by atoms with E-state index in [-0.39, 0.29) is 18.0 Å². The number of ether oxygens (including phenoxy) is 1. The predicted octanol–water partition coefficient (Wildman–Crippen LogP) is 3.08. The molecule has 0 saturated heterocycles. The van der Waals surface area contributed by atoms with E-state index in [1.807, 2.05) is 26.0 Å². The number of anilines is 1. The Kier molecular flexibility index (Phi) is 5.47. The zero-order chi connectivity index (χ0) is 17.0. The molecule has 1 aromatic rings. The van der Waals surface area contributed by atoms with Crippen LogP contribution in [0.15, 0.2) is 12.1 Å². The van der Waals surface area contributed by atoms with Crippen LogP contribution in [-0.4, -0.2) is 30.3 Å². The molecule has 0 unspecified atom stereocenters. The van der Waals surface area contributed by atoms with Crippen LogP contribution in [-0.2, 0) is 4.79 Å². The number of carbonyl (C=O) groups excluding carboxylic acids is 1. The fraction of sp³-hybridized carbons (Fsp3) is 0.529.